The Morgan fingerprint density at radius 3 is 2.05 bits per heavy atom. The molecule has 0 spiro atoms. The van der Waals surface area contributed by atoms with E-state index in [4.69, 9.17) is 9.47 Å². The molecule has 2 aromatic rings. The van der Waals surface area contributed by atoms with Gasteiger partial charge in [0.25, 0.3) is 0 Å². The number of benzene rings is 2. The molecule has 3 nitrogen and oxygen atoms in total. The van der Waals surface area contributed by atoms with Gasteiger partial charge in [-0.25, -0.2) is 4.79 Å². The monoisotopic (exact) mass is 294 g/mol. The lowest BCUT2D eigenvalue weighted by Crippen LogP contribution is -2.02. The van der Waals surface area contributed by atoms with Crippen molar-refractivity contribution in [3.63, 3.8) is 0 Å². The molecule has 0 N–H and O–H groups in total. The van der Waals surface area contributed by atoms with E-state index in [1.54, 1.807) is 18.4 Å². The maximum Gasteiger partial charge on any atom is 0.335 e. The predicted octanol–water partition coefficient (Wildman–Crippen LogP) is 4.28. The average molecular weight is 294 g/mol. The molecule has 0 bridgehead atoms. The van der Waals surface area contributed by atoms with Crippen LogP contribution in [0.1, 0.15) is 18.1 Å². The summed E-state index contributed by atoms with van der Waals surface area (Å²) < 4.78 is 10.4. The number of carbonyl (C=O) groups is 1. The predicted molar refractivity (Wildman–Crippen MR) is 87.0 cm³/mol. The second-order valence-electron chi connectivity index (χ2n) is 4.68. The fourth-order valence-electron chi connectivity index (χ4n) is 1.90. The second-order valence-corrected chi connectivity index (χ2v) is 4.68. The largest absolute Gasteiger partial charge is 0.465 e. The summed E-state index contributed by atoms with van der Waals surface area (Å²) in [5, 5.41) is 0. The van der Waals surface area contributed by atoms with Crippen molar-refractivity contribution >= 4 is 5.97 Å². The van der Waals surface area contributed by atoms with Crippen LogP contribution in [0.3, 0.4) is 0 Å². The van der Waals surface area contributed by atoms with Crippen LogP contribution in [0.25, 0.3) is 0 Å². The first-order valence-corrected chi connectivity index (χ1v) is 7.01. The third-order valence-corrected chi connectivity index (χ3v) is 2.98. The molecule has 0 saturated heterocycles. The zero-order chi connectivity index (χ0) is 15.8. The molecule has 0 heterocycles. The van der Waals surface area contributed by atoms with E-state index in [1.165, 1.54) is 5.56 Å². The molecular weight excluding hydrogens is 276 g/mol. The van der Waals surface area contributed by atoms with Gasteiger partial charge in [-0.15, -0.1) is 0 Å². The van der Waals surface area contributed by atoms with Gasteiger partial charge in [0.15, 0.2) is 0 Å². The molecule has 2 aromatic carbocycles. The lowest BCUT2D eigenvalue weighted by atomic mass is 10.0. The van der Waals surface area contributed by atoms with E-state index >= 15 is 0 Å². The maximum atomic E-state index is 11.1. The summed E-state index contributed by atoms with van der Waals surface area (Å²) in [4.78, 5) is 11.1. The topological polar surface area (TPSA) is 35.5 Å². The van der Waals surface area contributed by atoms with Gasteiger partial charge in [-0.3, -0.25) is 0 Å². The minimum absolute atomic E-state index is 0.454. The van der Waals surface area contributed by atoms with Gasteiger partial charge in [0, 0.05) is 6.08 Å². The number of ether oxygens (including phenoxy) is 2. The van der Waals surface area contributed by atoms with Gasteiger partial charge >= 0.3 is 5.97 Å². The minimum atomic E-state index is -0.454. The van der Waals surface area contributed by atoms with Crippen molar-refractivity contribution in [1.82, 2.24) is 0 Å². The molecule has 112 valence electrons. The van der Waals surface area contributed by atoms with Crippen LogP contribution in [0.2, 0.25) is 0 Å². The molecular formula is C19H18O3. The van der Waals surface area contributed by atoms with Crippen molar-refractivity contribution in [3.8, 4) is 11.5 Å². The average Bonchev–Trinajstić information content (AvgIpc) is 2.56. The lowest BCUT2D eigenvalue weighted by molar-refractivity contribution is -0.128. The van der Waals surface area contributed by atoms with Crippen molar-refractivity contribution < 1.29 is 14.3 Å². The molecule has 0 radical (unpaired) electrons. The highest BCUT2D eigenvalue weighted by atomic mass is 16.5. The Hall–Kier alpha value is -2.81. The second kappa shape index (κ2) is 7.84. The van der Waals surface area contributed by atoms with Crippen LogP contribution in [-0.2, 0) is 11.2 Å². The summed E-state index contributed by atoms with van der Waals surface area (Å²) >= 11 is 0. The highest BCUT2D eigenvalue weighted by Gasteiger charge is 2.01. The molecule has 0 aromatic heterocycles. The van der Waals surface area contributed by atoms with E-state index in [2.05, 4.69) is 6.58 Å². The number of rotatable bonds is 6. The van der Waals surface area contributed by atoms with Gasteiger partial charge in [0.05, 0.1) is 6.26 Å². The first kappa shape index (κ1) is 15.6. The van der Waals surface area contributed by atoms with E-state index in [1.807, 2.05) is 49.4 Å². The first-order valence-electron chi connectivity index (χ1n) is 7.01. The number of esters is 1. The first-order chi connectivity index (χ1) is 10.7. The van der Waals surface area contributed by atoms with Crippen LogP contribution >= 0.6 is 0 Å². The van der Waals surface area contributed by atoms with Gasteiger partial charge in [-0.1, -0.05) is 36.9 Å². The molecule has 0 amide bonds. The standard InChI is InChI=1S/C19H18O3/c1-3-13-21-17-9-5-15(6-10-17)14-16-7-11-18(12-8-16)22-19(20)4-2/h3-13H,2,14H2,1H3. The number of hydrogen-bond acceptors (Lipinski definition) is 3. The van der Waals surface area contributed by atoms with Crippen molar-refractivity contribution in [2.45, 2.75) is 13.3 Å². The zero-order valence-corrected chi connectivity index (χ0v) is 12.5. The highest BCUT2D eigenvalue weighted by Crippen LogP contribution is 2.18. The van der Waals surface area contributed by atoms with E-state index in [9.17, 15) is 4.79 Å². The fourth-order valence-corrected chi connectivity index (χ4v) is 1.90. The summed E-state index contributed by atoms with van der Waals surface area (Å²) in [7, 11) is 0. The number of allylic oxidation sites excluding steroid dienone is 1. The minimum Gasteiger partial charge on any atom is -0.465 e. The smallest absolute Gasteiger partial charge is 0.335 e. The van der Waals surface area contributed by atoms with E-state index < -0.39 is 5.97 Å². The third-order valence-electron chi connectivity index (χ3n) is 2.98. The van der Waals surface area contributed by atoms with Gasteiger partial charge in [0.1, 0.15) is 11.5 Å². The van der Waals surface area contributed by atoms with Crippen LogP contribution in [0.5, 0.6) is 11.5 Å². The maximum absolute atomic E-state index is 11.1. The van der Waals surface area contributed by atoms with Crippen molar-refractivity contribution in [1.29, 1.82) is 0 Å². The van der Waals surface area contributed by atoms with E-state index in [0.717, 1.165) is 23.8 Å². The normalized spacial score (nSPS) is 10.4. The Labute approximate surface area is 130 Å². The van der Waals surface area contributed by atoms with Gasteiger partial charge in [0.2, 0.25) is 0 Å². The van der Waals surface area contributed by atoms with Gasteiger partial charge in [-0.05, 0) is 48.7 Å². The summed E-state index contributed by atoms with van der Waals surface area (Å²) in [6.45, 7) is 5.27. The lowest BCUT2D eigenvalue weighted by Gasteiger charge is -2.06. The van der Waals surface area contributed by atoms with Crippen LogP contribution < -0.4 is 9.47 Å². The summed E-state index contributed by atoms with van der Waals surface area (Å²) in [6.07, 6.45) is 5.44. The Morgan fingerprint density at radius 2 is 1.55 bits per heavy atom. The number of hydrogen-bond donors (Lipinski definition) is 0. The molecule has 0 aliphatic carbocycles. The van der Waals surface area contributed by atoms with Crippen molar-refractivity contribution in [2.24, 2.45) is 0 Å². The Balaban J connectivity index is 1.98. The SMILES string of the molecule is C=CC(=O)Oc1ccc(Cc2ccc(OC=CC)cc2)cc1. The highest BCUT2D eigenvalue weighted by molar-refractivity contribution is 5.83. The Bertz CT molecular complexity index is 652. The molecule has 0 saturated carbocycles. The van der Waals surface area contributed by atoms with Crippen LogP contribution in [0, 0.1) is 0 Å². The summed E-state index contributed by atoms with van der Waals surface area (Å²) in [5.74, 6) is 0.877. The summed E-state index contributed by atoms with van der Waals surface area (Å²) in [5.41, 5.74) is 2.32. The van der Waals surface area contributed by atoms with Crippen LogP contribution in [-0.4, -0.2) is 5.97 Å². The van der Waals surface area contributed by atoms with Crippen LogP contribution in [0.15, 0.2) is 73.5 Å². The molecule has 0 aliphatic heterocycles. The Kier molecular flexibility index (Phi) is 5.55. The summed E-state index contributed by atoms with van der Waals surface area (Å²) in [6, 6.07) is 15.4. The zero-order valence-electron chi connectivity index (χ0n) is 12.5. The molecule has 2 rings (SSSR count). The fraction of sp³-hybridized carbons (Fsp3) is 0.105. The van der Waals surface area contributed by atoms with Crippen LogP contribution in [0.4, 0.5) is 0 Å². The van der Waals surface area contributed by atoms with Crippen molar-refractivity contribution in [2.75, 3.05) is 0 Å². The molecule has 0 fully saturated rings. The van der Waals surface area contributed by atoms with Gasteiger partial charge in [-0.2, -0.15) is 0 Å². The molecule has 22 heavy (non-hydrogen) atoms. The number of carbonyl (C=O) groups excluding carboxylic acids is 1. The third kappa shape index (κ3) is 4.63. The van der Waals surface area contributed by atoms with Crippen molar-refractivity contribution in [3.05, 3.63) is 84.7 Å². The Morgan fingerprint density at radius 1 is 1.00 bits per heavy atom. The molecule has 3 heteroatoms. The molecule has 0 aliphatic rings. The molecule has 0 atom stereocenters. The van der Waals surface area contributed by atoms with E-state index in [0.29, 0.717) is 5.75 Å². The quantitative estimate of drug-likeness (QED) is 0.345. The molecule has 0 unspecified atom stereocenters. The van der Waals surface area contributed by atoms with E-state index in [-0.39, 0.29) is 0 Å². The van der Waals surface area contributed by atoms with Gasteiger partial charge < -0.3 is 9.47 Å².